The van der Waals surface area contributed by atoms with Gasteiger partial charge in [-0.2, -0.15) is 5.10 Å². The average Bonchev–Trinajstić information content (AvgIpc) is 3.22. The van der Waals surface area contributed by atoms with Gasteiger partial charge < -0.3 is 10.2 Å². The molecule has 2 atom stereocenters. The summed E-state index contributed by atoms with van der Waals surface area (Å²) >= 11 is 0. The molecule has 6 heteroatoms. The van der Waals surface area contributed by atoms with Crippen LogP contribution in [0.15, 0.2) is 67.1 Å². The van der Waals surface area contributed by atoms with Crippen molar-refractivity contribution < 1.29 is 4.79 Å². The minimum absolute atomic E-state index is 0.104. The SMILES string of the molecule is C[C@@H](NC(=O)N(C)[C@@H](C)c1ccccn1)c1ccc(-n2cccn2)cc1. The zero-order chi connectivity index (χ0) is 18.5. The molecule has 0 aliphatic carbocycles. The molecule has 3 aromatic rings. The third-order valence-corrected chi connectivity index (χ3v) is 4.52. The topological polar surface area (TPSA) is 63.1 Å². The molecule has 0 saturated carbocycles. The van der Waals surface area contributed by atoms with Crippen LogP contribution in [0.1, 0.15) is 37.2 Å². The van der Waals surface area contributed by atoms with Crippen LogP contribution in [0.4, 0.5) is 4.79 Å². The Bertz CT molecular complexity index is 830. The van der Waals surface area contributed by atoms with Gasteiger partial charge in [-0.25, -0.2) is 9.48 Å². The number of amides is 2. The first-order valence-corrected chi connectivity index (χ1v) is 8.60. The van der Waals surface area contributed by atoms with Crippen molar-refractivity contribution in [2.75, 3.05) is 7.05 Å². The van der Waals surface area contributed by atoms with Crippen molar-refractivity contribution in [1.29, 1.82) is 0 Å². The molecular weight excluding hydrogens is 326 g/mol. The van der Waals surface area contributed by atoms with Gasteiger partial charge in [-0.05, 0) is 49.7 Å². The Morgan fingerprint density at radius 2 is 1.85 bits per heavy atom. The number of carbonyl (C=O) groups is 1. The van der Waals surface area contributed by atoms with Crippen LogP contribution in [0.3, 0.4) is 0 Å². The molecule has 0 fully saturated rings. The maximum atomic E-state index is 12.6. The molecule has 1 aromatic carbocycles. The smallest absolute Gasteiger partial charge is 0.318 e. The second-order valence-electron chi connectivity index (χ2n) is 6.25. The van der Waals surface area contributed by atoms with E-state index in [2.05, 4.69) is 15.4 Å². The van der Waals surface area contributed by atoms with Crippen LogP contribution in [0, 0.1) is 0 Å². The first kappa shape index (κ1) is 17.7. The Balaban J connectivity index is 1.63. The van der Waals surface area contributed by atoms with Gasteiger partial charge in [0.25, 0.3) is 0 Å². The quantitative estimate of drug-likeness (QED) is 0.763. The summed E-state index contributed by atoms with van der Waals surface area (Å²) in [7, 11) is 1.78. The molecule has 2 heterocycles. The van der Waals surface area contributed by atoms with Gasteiger partial charge >= 0.3 is 6.03 Å². The van der Waals surface area contributed by atoms with Crippen molar-refractivity contribution in [3.63, 3.8) is 0 Å². The molecule has 134 valence electrons. The van der Waals surface area contributed by atoms with Crippen LogP contribution in [0.2, 0.25) is 0 Å². The lowest BCUT2D eigenvalue weighted by atomic mass is 10.1. The highest BCUT2D eigenvalue weighted by atomic mass is 16.2. The highest BCUT2D eigenvalue weighted by molar-refractivity contribution is 5.74. The molecule has 1 N–H and O–H groups in total. The Morgan fingerprint density at radius 3 is 2.46 bits per heavy atom. The molecule has 0 unspecified atom stereocenters. The maximum absolute atomic E-state index is 12.6. The van der Waals surface area contributed by atoms with E-state index in [1.54, 1.807) is 29.0 Å². The molecule has 2 aromatic heterocycles. The zero-order valence-electron chi connectivity index (χ0n) is 15.2. The van der Waals surface area contributed by atoms with Crippen molar-refractivity contribution in [2.24, 2.45) is 0 Å². The number of nitrogens with zero attached hydrogens (tertiary/aromatic N) is 4. The minimum Gasteiger partial charge on any atom is -0.331 e. The monoisotopic (exact) mass is 349 g/mol. The average molecular weight is 349 g/mol. The van der Waals surface area contributed by atoms with E-state index in [1.165, 1.54) is 0 Å². The Labute approximate surface area is 153 Å². The van der Waals surface area contributed by atoms with Gasteiger partial charge in [0.2, 0.25) is 0 Å². The van der Waals surface area contributed by atoms with E-state index in [9.17, 15) is 4.79 Å². The summed E-state index contributed by atoms with van der Waals surface area (Å²) in [5, 5.41) is 7.25. The summed E-state index contributed by atoms with van der Waals surface area (Å²) in [5.41, 5.74) is 2.88. The lowest BCUT2D eigenvalue weighted by Gasteiger charge is -2.26. The summed E-state index contributed by atoms with van der Waals surface area (Å²) in [4.78, 5) is 18.6. The van der Waals surface area contributed by atoms with E-state index in [1.807, 2.05) is 68.6 Å². The van der Waals surface area contributed by atoms with Gasteiger partial charge in [-0.3, -0.25) is 4.98 Å². The second-order valence-corrected chi connectivity index (χ2v) is 6.25. The van der Waals surface area contributed by atoms with Crippen LogP contribution < -0.4 is 5.32 Å². The number of hydrogen-bond acceptors (Lipinski definition) is 3. The van der Waals surface area contributed by atoms with Crippen LogP contribution in [-0.2, 0) is 0 Å². The van der Waals surface area contributed by atoms with E-state index >= 15 is 0 Å². The molecule has 0 saturated heterocycles. The number of nitrogens with one attached hydrogen (secondary N) is 1. The maximum Gasteiger partial charge on any atom is 0.318 e. The fraction of sp³-hybridized carbons (Fsp3) is 0.250. The Hall–Kier alpha value is -3.15. The fourth-order valence-electron chi connectivity index (χ4n) is 2.71. The third-order valence-electron chi connectivity index (χ3n) is 4.52. The number of rotatable bonds is 5. The molecule has 26 heavy (non-hydrogen) atoms. The molecule has 6 nitrogen and oxygen atoms in total. The summed E-state index contributed by atoms with van der Waals surface area (Å²) in [6.07, 6.45) is 5.38. The number of hydrogen-bond donors (Lipinski definition) is 1. The van der Waals surface area contributed by atoms with Crippen molar-refractivity contribution in [3.05, 3.63) is 78.4 Å². The van der Waals surface area contributed by atoms with E-state index in [0.717, 1.165) is 16.9 Å². The van der Waals surface area contributed by atoms with Gasteiger partial charge in [-0.15, -0.1) is 0 Å². The van der Waals surface area contributed by atoms with Crippen molar-refractivity contribution in [2.45, 2.75) is 25.9 Å². The number of benzene rings is 1. The minimum atomic E-state index is -0.133. The van der Waals surface area contributed by atoms with Crippen molar-refractivity contribution in [1.82, 2.24) is 25.0 Å². The Morgan fingerprint density at radius 1 is 1.08 bits per heavy atom. The zero-order valence-corrected chi connectivity index (χ0v) is 15.2. The molecule has 0 aliphatic heterocycles. The predicted octanol–water partition coefficient (Wildman–Crippen LogP) is 3.73. The molecule has 2 amide bonds. The van der Waals surface area contributed by atoms with E-state index in [-0.39, 0.29) is 18.1 Å². The summed E-state index contributed by atoms with van der Waals surface area (Å²) in [6, 6.07) is 15.2. The predicted molar refractivity (Wildman–Crippen MR) is 101 cm³/mol. The molecular formula is C20H23N5O. The molecule has 3 rings (SSSR count). The van der Waals surface area contributed by atoms with E-state index < -0.39 is 0 Å². The van der Waals surface area contributed by atoms with Crippen LogP contribution in [0.25, 0.3) is 5.69 Å². The lowest BCUT2D eigenvalue weighted by Crippen LogP contribution is -2.40. The second kappa shape index (κ2) is 7.82. The molecule has 0 spiro atoms. The fourth-order valence-corrected chi connectivity index (χ4v) is 2.71. The first-order chi connectivity index (χ1) is 12.6. The van der Waals surface area contributed by atoms with Gasteiger partial charge in [0, 0.05) is 25.6 Å². The van der Waals surface area contributed by atoms with Gasteiger partial charge in [0.05, 0.1) is 23.5 Å². The highest BCUT2D eigenvalue weighted by Crippen LogP contribution is 2.19. The van der Waals surface area contributed by atoms with Crippen LogP contribution >= 0.6 is 0 Å². The van der Waals surface area contributed by atoms with Crippen LogP contribution in [-0.4, -0.2) is 32.7 Å². The van der Waals surface area contributed by atoms with E-state index in [0.29, 0.717) is 0 Å². The highest BCUT2D eigenvalue weighted by Gasteiger charge is 2.20. The van der Waals surface area contributed by atoms with Gasteiger partial charge in [0.15, 0.2) is 0 Å². The summed E-state index contributed by atoms with van der Waals surface area (Å²) in [5.74, 6) is 0. The van der Waals surface area contributed by atoms with Crippen LogP contribution in [0.5, 0.6) is 0 Å². The largest absolute Gasteiger partial charge is 0.331 e. The van der Waals surface area contributed by atoms with E-state index in [4.69, 9.17) is 0 Å². The third kappa shape index (κ3) is 3.91. The lowest BCUT2D eigenvalue weighted by molar-refractivity contribution is 0.190. The van der Waals surface area contributed by atoms with Gasteiger partial charge in [0.1, 0.15) is 0 Å². The van der Waals surface area contributed by atoms with Crippen molar-refractivity contribution >= 4 is 6.03 Å². The summed E-state index contributed by atoms with van der Waals surface area (Å²) in [6.45, 7) is 3.94. The number of urea groups is 1. The standard InChI is InChI=1S/C20H23N5O/c1-15(17-8-10-18(11-9-17)25-14-6-13-22-25)23-20(26)24(3)16(2)19-7-4-5-12-21-19/h4-16H,1-3H3,(H,23,26)/t15-,16+/m1/s1. The number of carbonyl (C=O) groups excluding carboxylic acids is 1. The summed E-state index contributed by atoms with van der Waals surface area (Å²) < 4.78 is 1.80. The molecule has 0 bridgehead atoms. The normalized spacial score (nSPS) is 13.0. The van der Waals surface area contributed by atoms with Gasteiger partial charge in [-0.1, -0.05) is 18.2 Å². The molecule has 0 radical (unpaired) electrons. The van der Waals surface area contributed by atoms with Crippen molar-refractivity contribution in [3.8, 4) is 5.69 Å². The first-order valence-electron chi connectivity index (χ1n) is 8.60. The Kier molecular flexibility index (Phi) is 5.31. The number of aromatic nitrogens is 3. The number of pyridine rings is 1. The molecule has 0 aliphatic rings.